The molecule has 0 spiro atoms. The van der Waals surface area contributed by atoms with Crippen LogP contribution in [-0.4, -0.2) is 75.7 Å². The Morgan fingerprint density at radius 1 is 1.19 bits per heavy atom. The maximum Gasteiger partial charge on any atom is 0.433 e. The number of aromatic nitrogens is 4. The maximum atomic E-state index is 13.4. The lowest BCUT2D eigenvalue weighted by molar-refractivity contribution is -0.141. The van der Waals surface area contributed by atoms with Gasteiger partial charge in [-0.1, -0.05) is 0 Å². The van der Waals surface area contributed by atoms with E-state index in [9.17, 15) is 26.7 Å². The van der Waals surface area contributed by atoms with E-state index in [-0.39, 0.29) is 36.7 Å². The van der Waals surface area contributed by atoms with E-state index in [4.69, 9.17) is 0 Å². The quantitative estimate of drug-likeness (QED) is 0.705. The molecule has 8 nitrogen and oxygen atoms in total. The van der Waals surface area contributed by atoms with Crippen LogP contribution >= 0.6 is 0 Å². The number of hydrogen-bond acceptors (Lipinski definition) is 6. The predicted molar refractivity (Wildman–Crippen MR) is 99.5 cm³/mol. The lowest BCUT2D eigenvalue weighted by Crippen LogP contribution is -2.53. The molecular weight excluding hydrogens is 425 g/mol. The van der Waals surface area contributed by atoms with Crippen molar-refractivity contribution in [2.45, 2.75) is 31.6 Å². The highest BCUT2D eigenvalue weighted by molar-refractivity contribution is 5.76. The van der Waals surface area contributed by atoms with Gasteiger partial charge in [-0.2, -0.15) is 18.3 Å². The minimum atomic E-state index is -4.77. The fourth-order valence-electron chi connectivity index (χ4n) is 3.51. The standard InChI is InChI=1S/C18H20F5N7O/c19-16(20)13-1-4-30(13)17-26-12(7-14(27-17)18(21,22)23)11-8-25-29(9-11)10-15(31)28-5-2-24-3-6-28/h7-9,13,16,24H,1-6,10H2/t13-/m1/s1. The van der Waals surface area contributed by atoms with Crippen molar-refractivity contribution in [3.05, 3.63) is 24.2 Å². The summed E-state index contributed by atoms with van der Waals surface area (Å²) in [5.41, 5.74) is -1.09. The minimum Gasteiger partial charge on any atom is -0.339 e. The number of rotatable bonds is 5. The van der Waals surface area contributed by atoms with Gasteiger partial charge in [-0.15, -0.1) is 0 Å². The third kappa shape index (κ3) is 4.60. The van der Waals surface area contributed by atoms with Gasteiger partial charge in [0.25, 0.3) is 6.43 Å². The Labute approximate surface area is 174 Å². The average molecular weight is 445 g/mol. The van der Waals surface area contributed by atoms with E-state index in [0.29, 0.717) is 26.2 Å². The molecule has 0 radical (unpaired) electrons. The molecule has 4 rings (SSSR count). The zero-order valence-corrected chi connectivity index (χ0v) is 16.3. The molecule has 168 valence electrons. The largest absolute Gasteiger partial charge is 0.433 e. The summed E-state index contributed by atoms with van der Waals surface area (Å²) in [6, 6.07) is -0.462. The molecule has 0 aliphatic carbocycles. The van der Waals surface area contributed by atoms with Gasteiger partial charge in [0.15, 0.2) is 5.69 Å². The lowest BCUT2D eigenvalue weighted by atomic mass is 10.0. The third-order valence-corrected chi connectivity index (χ3v) is 5.31. The van der Waals surface area contributed by atoms with Crippen LogP contribution in [0.15, 0.2) is 18.5 Å². The number of amides is 1. The van der Waals surface area contributed by atoms with Crippen LogP contribution in [-0.2, 0) is 17.5 Å². The van der Waals surface area contributed by atoms with Crippen molar-refractivity contribution in [3.8, 4) is 11.3 Å². The fraction of sp³-hybridized carbons (Fsp3) is 0.556. The molecule has 1 atom stereocenters. The first-order valence-corrected chi connectivity index (χ1v) is 9.75. The highest BCUT2D eigenvalue weighted by Gasteiger charge is 2.40. The second-order valence-electron chi connectivity index (χ2n) is 7.38. The Morgan fingerprint density at radius 2 is 1.94 bits per heavy atom. The smallest absolute Gasteiger partial charge is 0.339 e. The summed E-state index contributed by atoms with van der Waals surface area (Å²) in [6.45, 7) is 2.60. The van der Waals surface area contributed by atoms with Crippen molar-refractivity contribution in [3.63, 3.8) is 0 Å². The Morgan fingerprint density at radius 3 is 2.55 bits per heavy atom. The number of nitrogens with one attached hydrogen (secondary N) is 1. The third-order valence-electron chi connectivity index (χ3n) is 5.31. The van der Waals surface area contributed by atoms with Crippen molar-refractivity contribution in [2.75, 3.05) is 37.6 Å². The number of nitrogens with zero attached hydrogens (tertiary/aromatic N) is 6. The van der Waals surface area contributed by atoms with Crippen molar-refractivity contribution in [1.29, 1.82) is 0 Å². The van der Waals surface area contributed by atoms with Crippen LogP contribution in [0.2, 0.25) is 0 Å². The molecule has 0 unspecified atom stereocenters. The van der Waals surface area contributed by atoms with Crippen LogP contribution in [0.25, 0.3) is 11.3 Å². The van der Waals surface area contributed by atoms with Crippen molar-refractivity contribution in [1.82, 2.24) is 30.0 Å². The van der Waals surface area contributed by atoms with Crippen molar-refractivity contribution in [2.24, 2.45) is 0 Å². The monoisotopic (exact) mass is 445 g/mol. The summed E-state index contributed by atoms with van der Waals surface area (Å²) < 4.78 is 67.5. The van der Waals surface area contributed by atoms with E-state index < -0.39 is 30.3 Å². The number of carbonyl (C=O) groups is 1. The number of hydrogen-bond donors (Lipinski definition) is 1. The number of halogens is 5. The van der Waals surface area contributed by atoms with Crippen LogP contribution < -0.4 is 10.2 Å². The van der Waals surface area contributed by atoms with Gasteiger partial charge >= 0.3 is 6.18 Å². The zero-order valence-electron chi connectivity index (χ0n) is 16.3. The topological polar surface area (TPSA) is 79.2 Å². The van der Waals surface area contributed by atoms with Gasteiger partial charge in [-0.05, 0) is 12.5 Å². The van der Waals surface area contributed by atoms with Gasteiger partial charge in [-0.25, -0.2) is 18.7 Å². The van der Waals surface area contributed by atoms with E-state index in [1.165, 1.54) is 17.1 Å². The molecule has 0 aromatic carbocycles. The summed E-state index contributed by atoms with van der Waals surface area (Å²) >= 11 is 0. The molecular formula is C18H20F5N7O. The second kappa shape index (κ2) is 8.36. The molecule has 31 heavy (non-hydrogen) atoms. The van der Waals surface area contributed by atoms with Crippen molar-refractivity contribution >= 4 is 11.9 Å². The van der Waals surface area contributed by atoms with Gasteiger partial charge in [0.1, 0.15) is 6.54 Å². The molecule has 2 saturated heterocycles. The van der Waals surface area contributed by atoms with Crippen LogP contribution in [0, 0.1) is 0 Å². The zero-order chi connectivity index (χ0) is 22.2. The molecule has 2 fully saturated rings. The van der Waals surface area contributed by atoms with Crippen LogP contribution in [0.1, 0.15) is 12.1 Å². The maximum absolute atomic E-state index is 13.4. The van der Waals surface area contributed by atoms with Gasteiger partial charge in [0, 0.05) is 44.5 Å². The molecule has 2 aromatic rings. The van der Waals surface area contributed by atoms with E-state index in [1.807, 2.05) is 0 Å². The molecule has 1 amide bonds. The average Bonchev–Trinajstić information content (AvgIpc) is 3.15. The first kappa shape index (κ1) is 21.4. The second-order valence-corrected chi connectivity index (χ2v) is 7.38. The molecule has 4 heterocycles. The summed E-state index contributed by atoms with van der Waals surface area (Å²) in [4.78, 5) is 22.7. The number of alkyl halides is 5. The molecule has 0 saturated carbocycles. The van der Waals surface area contributed by atoms with Crippen LogP contribution in [0.4, 0.5) is 27.9 Å². The normalized spacial score (nSPS) is 19.6. The van der Waals surface area contributed by atoms with Crippen molar-refractivity contribution < 1.29 is 26.7 Å². The summed E-state index contributed by atoms with van der Waals surface area (Å²) in [5.74, 6) is -0.554. The summed E-state index contributed by atoms with van der Waals surface area (Å²) in [5, 5.41) is 7.19. The number of anilines is 1. The Balaban J connectivity index is 1.58. The molecule has 1 N–H and O–H groups in total. The van der Waals surface area contributed by atoms with Crippen LogP contribution in [0.5, 0.6) is 0 Å². The minimum absolute atomic E-state index is 0.0658. The Kier molecular flexibility index (Phi) is 5.77. The van der Waals surface area contributed by atoms with Gasteiger partial charge in [0.05, 0.1) is 17.9 Å². The SMILES string of the molecule is O=C(Cn1cc(-c2cc(C(F)(F)F)nc(N3CC[C@@H]3C(F)F)n2)cn1)N1CCNCC1. The Hall–Kier alpha value is -2.83. The molecule has 2 aliphatic rings. The summed E-state index contributed by atoms with van der Waals surface area (Å²) in [7, 11) is 0. The first-order valence-electron chi connectivity index (χ1n) is 9.75. The summed E-state index contributed by atoms with van der Waals surface area (Å²) in [6.07, 6.45) is -4.63. The first-order chi connectivity index (χ1) is 14.7. The number of carbonyl (C=O) groups excluding carboxylic acids is 1. The van der Waals surface area contributed by atoms with Gasteiger partial charge < -0.3 is 15.1 Å². The fourth-order valence-corrected chi connectivity index (χ4v) is 3.51. The molecule has 2 aliphatic heterocycles. The van der Waals surface area contributed by atoms with E-state index in [0.717, 1.165) is 11.0 Å². The highest BCUT2D eigenvalue weighted by atomic mass is 19.4. The van der Waals surface area contributed by atoms with Gasteiger partial charge in [-0.3, -0.25) is 9.48 Å². The van der Waals surface area contributed by atoms with E-state index in [2.05, 4.69) is 20.4 Å². The van der Waals surface area contributed by atoms with E-state index >= 15 is 0 Å². The highest BCUT2D eigenvalue weighted by Crippen LogP contribution is 2.34. The Bertz CT molecular complexity index is 942. The molecule has 2 aromatic heterocycles. The van der Waals surface area contributed by atoms with E-state index in [1.54, 1.807) is 4.90 Å². The van der Waals surface area contributed by atoms with Gasteiger partial charge in [0.2, 0.25) is 11.9 Å². The molecule has 13 heteroatoms. The number of piperazine rings is 1. The van der Waals surface area contributed by atoms with Crippen LogP contribution in [0.3, 0.4) is 0 Å². The lowest BCUT2D eigenvalue weighted by Gasteiger charge is -2.40. The predicted octanol–water partition coefficient (Wildman–Crippen LogP) is 1.63. The molecule has 0 bridgehead atoms.